The van der Waals surface area contributed by atoms with Crippen LogP contribution in [-0.4, -0.2) is 18.5 Å². The second kappa shape index (κ2) is 9.36. The van der Waals surface area contributed by atoms with Crippen LogP contribution in [0.15, 0.2) is 18.2 Å². The molecule has 2 aromatic rings. The number of ether oxygens (including phenoxy) is 1. The van der Waals surface area contributed by atoms with Gasteiger partial charge in [-0.1, -0.05) is 23.8 Å². The van der Waals surface area contributed by atoms with Crippen LogP contribution in [0.5, 0.6) is 0 Å². The van der Waals surface area contributed by atoms with Gasteiger partial charge in [-0.25, -0.2) is 17.6 Å². The molecular formula is C20H16F7NO3. The summed E-state index contributed by atoms with van der Waals surface area (Å²) in [5.74, 6) is -11.8. The highest BCUT2D eigenvalue weighted by Crippen LogP contribution is 2.38. The number of anilines is 1. The summed E-state index contributed by atoms with van der Waals surface area (Å²) in [6.45, 7) is 3.43. The Bertz CT molecular complexity index is 990. The molecule has 0 aliphatic heterocycles. The van der Waals surface area contributed by atoms with Gasteiger partial charge in [0.05, 0.1) is 19.4 Å². The highest BCUT2D eigenvalue weighted by molar-refractivity contribution is 5.92. The summed E-state index contributed by atoms with van der Waals surface area (Å²) in [6.07, 6.45) is -6.33. The fourth-order valence-electron chi connectivity index (χ4n) is 2.89. The first kappa shape index (κ1) is 24.2. The minimum absolute atomic E-state index is 0.108. The van der Waals surface area contributed by atoms with E-state index in [1.807, 2.05) is 0 Å². The number of hydrogen-bond donors (Lipinski definition) is 1. The zero-order chi connectivity index (χ0) is 23.5. The average molecular weight is 451 g/mol. The molecule has 4 nitrogen and oxygen atoms in total. The minimum atomic E-state index is -5.69. The van der Waals surface area contributed by atoms with E-state index in [0.29, 0.717) is 11.1 Å². The standard InChI is InChI=1S/C20H16F7NO3/c1-3-31-13(30)8-11-5-9(2)4-10(6-11)7-12(29)28-19-17(23)15(21)14(20(25,26)27)16(22)18(19)24/h4-6H,3,7-8H2,1-2H3,(H,28,29). The number of rotatable bonds is 6. The molecule has 1 N–H and O–H groups in total. The topological polar surface area (TPSA) is 55.4 Å². The van der Waals surface area contributed by atoms with Gasteiger partial charge in [0.2, 0.25) is 5.91 Å². The minimum Gasteiger partial charge on any atom is -0.466 e. The molecule has 0 heterocycles. The van der Waals surface area contributed by atoms with Crippen molar-refractivity contribution < 1.29 is 45.1 Å². The molecular weight excluding hydrogens is 435 g/mol. The monoisotopic (exact) mass is 451 g/mol. The van der Waals surface area contributed by atoms with Crippen LogP contribution in [0.2, 0.25) is 0 Å². The molecule has 0 unspecified atom stereocenters. The van der Waals surface area contributed by atoms with Crippen LogP contribution in [0.3, 0.4) is 0 Å². The molecule has 168 valence electrons. The molecule has 0 atom stereocenters. The smallest absolute Gasteiger partial charge is 0.422 e. The average Bonchev–Trinajstić information content (AvgIpc) is 2.62. The van der Waals surface area contributed by atoms with E-state index in [1.54, 1.807) is 25.2 Å². The quantitative estimate of drug-likeness (QED) is 0.388. The summed E-state index contributed by atoms with van der Waals surface area (Å²) in [6, 6.07) is 4.58. The lowest BCUT2D eigenvalue weighted by Crippen LogP contribution is -2.21. The van der Waals surface area contributed by atoms with E-state index in [0.717, 1.165) is 0 Å². The zero-order valence-corrected chi connectivity index (χ0v) is 16.2. The maximum Gasteiger partial charge on any atom is 0.422 e. The van der Waals surface area contributed by atoms with Crippen molar-refractivity contribution in [1.29, 1.82) is 0 Å². The largest absolute Gasteiger partial charge is 0.466 e. The zero-order valence-electron chi connectivity index (χ0n) is 16.2. The number of carbonyl (C=O) groups excluding carboxylic acids is 2. The van der Waals surface area contributed by atoms with Gasteiger partial charge < -0.3 is 10.1 Å². The van der Waals surface area contributed by atoms with Crippen molar-refractivity contribution in [1.82, 2.24) is 0 Å². The van der Waals surface area contributed by atoms with E-state index in [9.17, 15) is 40.3 Å². The predicted molar refractivity (Wildman–Crippen MR) is 95.1 cm³/mol. The first-order chi connectivity index (χ1) is 14.3. The normalized spacial score (nSPS) is 11.4. The van der Waals surface area contributed by atoms with E-state index in [4.69, 9.17) is 4.74 Å². The summed E-state index contributed by atoms with van der Waals surface area (Å²) >= 11 is 0. The van der Waals surface area contributed by atoms with Gasteiger partial charge in [0.15, 0.2) is 23.3 Å². The molecule has 11 heteroatoms. The first-order valence-corrected chi connectivity index (χ1v) is 8.83. The summed E-state index contributed by atoms with van der Waals surface area (Å²) in [5.41, 5.74) is -3.01. The van der Waals surface area contributed by atoms with Crippen LogP contribution in [-0.2, 0) is 33.3 Å². The van der Waals surface area contributed by atoms with E-state index in [-0.39, 0.29) is 18.6 Å². The third-order valence-electron chi connectivity index (χ3n) is 4.03. The third-order valence-corrected chi connectivity index (χ3v) is 4.03. The van der Waals surface area contributed by atoms with Crippen molar-refractivity contribution in [2.45, 2.75) is 32.9 Å². The third kappa shape index (κ3) is 5.74. The van der Waals surface area contributed by atoms with Crippen molar-refractivity contribution in [2.75, 3.05) is 11.9 Å². The maximum absolute atomic E-state index is 13.9. The molecule has 31 heavy (non-hydrogen) atoms. The van der Waals surface area contributed by atoms with Crippen molar-refractivity contribution >= 4 is 17.6 Å². The van der Waals surface area contributed by atoms with Crippen molar-refractivity contribution in [3.8, 4) is 0 Å². The second-order valence-electron chi connectivity index (χ2n) is 6.54. The Morgan fingerprint density at radius 2 is 1.42 bits per heavy atom. The Morgan fingerprint density at radius 3 is 1.90 bits per heavy atom. The van der Waals surface area contributed by atoms with Gasteiger partial charge >= 0.3 is 12.1 Å². The van der Waals surface area contributed by atoms with Crippen LogP contribution in [0.25, 0.3) is 0 Å². The molecule has 2 rings (SSSR count). The number of carbonyl (C=O) groups is 2. The van der Waals surface area contributed by atoms with Crippen LogP contribution < -0.4 is 5.32 Å². The number of aryl methyl sites for hydroxylation is 1. The van der Waals surface area contributed by atoms with Crippen molar-refractivity contribution in [3.63, 3.8) is 0 Å². The van der Waals surface area contributed by atoms with Gasteiger partial charge in [-0.2, -0.15) is 13.2 Å². The first-order valence-electron chi connectivity index (χ1n) is 8.83. The maximum atomic E-state index is 13.9. The molecule has 2 aromatic carbocycles. The Kier molecular flexibility index (Phi) is 7.29. The molecule has 0 radical (unpaired) electrons. The van der Waals surface area contributed by atoms with Crippen LogP contribution in [0, 0.1) is 30.2 Å². The number of benzene rings is 2. The Labute approximate surface area is 172 Å². The number of hydrogen-bond acceptors (Lipinski definition) is 3. The number of halogens is 7. The lowest BCUT2D eigenvalue weighted by atomic mass is 10.0. The SMILES string of the molecule is CCOC(=O)Cc1cc(C)cc(CC(=O)Nc2c(F)c(F)c(C(F)(F)F)c(F)c2F)c1. The fraction of sp³-hybridized carbons (Fsp3) is 0.300. The summed E-state index contributed by atoms with van der Waals surface area (Å²) in [7, 11) is 0. The van der Waals surface area contributed by atoms with Gasteiger partial charge in [-0.3, -0.25) is 9.59 Å². The Hall–Kier alpha value is -3.11. The van der Waals surface area contributed by atoms with E-state index < -0.39 is 59.0 Å². The molecule has 0 spiro atoms. The van der Waals surface area contributed by atoms with Gasteiger partial charge in [0, 0.05) is 0 Å². The lowest BCUT2D eigenvalue weighted by molar-refractivity contribution is -0.143. The highest BCUT2D eigenvalue weighted by atomic mass is 19.4. The molecule has 0 aliphatic rings. The second-order valence-corrected chi connectivity index (χ2v) is 6.54. The van der Waals surface area contributed by atoms with Crippen LogP contribution in [0.1, 0.15) is 29.2 Å². The van der Waals surface area contributed by atoms with Crippen LogP contribution in [0.4, 0.5) is 36.4 Å². The van der Waals surface area contributed by atoms with Gasteiger partial charge in [-0.05, 0) is 25.0 Å². The molecule has 0 bridgehead atoms. The summed E-state index contributed by atoms with van der Waals surface area (Å²) in [5, 5.41) is 1.56. The van der Waals surface area contributed by atoms with Gasteiger partial charge in [0.1, 0.15) is 11.3 Å². The van der Waals surface area contributed by atoms with Crippen LogP contribution >= 0.6 is 0 Å². The van der Waals surface area contributed by atoms with E-state index in [1.165, 1.54) is 12.1 Å². The lowest BCUT2D eigenvalue weighted by Gasteiger charge is -2.15. The molecule has 0 aliphatic carbocycles. The Balaban J connectivity index is 2.28. The van der Waals surface area contributed by atoms with Gasteiger partial charge in [-0.15, -0.1) is 0 Å². The molecule has 1 amide bonds. The van der Waals surface area contributed by atoms with E-state index in [2.05, 4.69) is 0 Å². The van der Waals surface area contributed by atoms with E-state index >= 15 is 0 Å². The number of alkyl halides is 3. The number of nitrogens with one attached hydrogen (secondary N) is 1. The molecule has 0 saturated carbocycles. The number of amides is 1. The summed E-state index contributed by atoms with van der Waals surface area (Å²) < 4.78 is 97.9. The van der Waals surface area contributed by atoms with Crippen molar-refractivity contribution in [2.24, 2.45) is 0 Å². The van der Waals surface area contributed by atoms with Gasteiger partial charge in [0.25, 0.3) is 0 Å². The molecule has 0 fully saturated rings. The summed E-state index contributed by atoms with van der Waals surface area (Å²) in [4.78, 5) is 23.7. The number of esters is 1. The molecule has 0 saturated heterocycles. The molecule has 0 aromatic heterocycles. The fourth-order valence-corrected chi connectivity index (χ4v) is 2.89. The Morgan fingerprint density at radius 1 is 0.903 bits per heavy atom. The predicted octanol–water partition coefficient (Wildman–Crippen LogP) is 4.86. The highest BCUT2D eigenvalue weighted by Gasteiger charge is 2.42. The van der Waals surface area contributed by atoms with Crippen molar-refractivity contribution in [3.05, 3.63) is 63.7 Å².